The molecule has 0 aliphatic carbocycles. The van der Waals surface area contributed by atoms with Crippen LogP contribution in [0, 0.1) is 0 Å². The van der Waals surface area contributed by atoms with Crippen LogP contribution in [-0.4, -0.2) is 18.5 Å². The summed E-state index contributed by atoms with van der Waals surface area (Å²) in [5.74, 6) is -0.388. The first-order valence-corrected chi connectivity index (χ1v) is 5.51. The summed E-state index contributed by atoms with van der Waals surface area (Å²) in [4.78, 5) is 0. The second kappa shape index (κ2) is 4.33. The lowest BCUT2D eigenvalue weighted by Gasteiger charge is -2.16. The van der Waals surface area contributed by atoms with Gasteiger partial charge in [0.25, 0.3) is 0 Å². The molecular formula is C13H18O2. The number of ether oxygens (including phenoxy) is 2. The Morgan fingerprint density at radius 1 is 1.27 bits per heavy atom. The fourth-order valence-electron chi connectivity index (χ4n) is 1.88. The number of hydrogen-bond acceptors (Lipinski definition) is 2. The van der Waals surface area contributed by atoms with Gasteiger partial charge in [0.2, 0.25) is 0 Å². The van der Waals surface area contributed by atoms with Gasteiger partial charge in [0.05, 0.1) is 12.7 Å². The summed E-state index contributed by atoms with van der Waals surface area (Å²) in [6.45, 7) is 4.66. The average Bonchev–Trinajstić information content (AvgIpc) is 2.57. The van der Waals surface area contributed by atoms with E-state index >= 15 is 0 Å². The van der Waals surface area contributed by atoms with Crippen LogP contribution in [0.4, 0.5) is 0 Å². The van der Waals surface area contributed by atoms with E-state index in [4.69, 9.17) is 9.47 Å². The fourth-order valence-corrected chi connectivity index (χ4v) is 1.88. The molecule has 0 unspecified atom stereocenters. The molecule has 0 amide bonds. The smallest absolute Gasteiger partial charge is 0.163 e. The van der Waals surface area contributed by atoms with Crippen molar-refractivity contribution in [1.82, 2.24) is 0 Å². The Labute approximate surface area is 91.2 Å². The second-order valence-electron chi connectivity index (χ2n) is 4.47. The molecule has 2 rings (SSSR count). The zero-order valence-electron chi connectivity index (χ0n) is 9.40. The van der Waals surface area contributed by atoms with Crippen molar-refractivity contribution in [2.75, 3.05) is 6.61 Å². The Bertz CT molecular complexity index is 306. The summed E-state index contributed by atoms with van der Waals surface area (Å²) in [5, 5.41) is 0. The van der Waals surface area contributed by atoms with Gasteiger partial charge in [-0.2, -0.15) is 0 Å². The van der Waals surface area contributed by atoms with Gasteiger partial charge in [-0.15, -0.1) is 0 Å². The molecule has 0 bridgehead atoms. The molecule has 1 heterocycles. The molecule has 0 N–H and O–H groups in total. The Kier molecular flexibility index (Phi) is 3.08. The number of benzene rings is 1. The van der Waals surface area contributed by atoms with E-state index in [-0.39, 0.29) is 11.9 Å². The van der Waals surface area contributed by atoms with Gasteiger partial charge in [0, 0.05) is 0 Å². The molecule has 2 nitrogen and oxygen atoms in total. The molecule has 82 valence electrons. The van der Waals surface area contributed by atoms with Crippen molar-refractivity contribution in [3.8, 4) is 0 Å². The van der Waals surface area contributed by atoms with E-state index in [1.165, 1.54) is 5.56 Å². The van der Waals surface area contributed by atoms with Gasteiger partial charge in [-0.05, 0) is 32.3 Å². The molecule has 0 spiro atoms. The standard InChI is InChI=1S/C13H18O2/c1-13(2)14-10-12(15-13)9-8-11-6-4-3-5-7-11/h3-7,12H,8-10H2,1-2H3/t12-/m1/s1. The molecule has 1 atom stereocenters. The van der Waals surface area contributed by atoms with Gasteiger partial charge in [-0.1, -0.05) is 30.3 Å². The summed E-state index contributed by atoms with van der Waals surface area (Å²) in [6, 6.07) is 10.5. The lowest BCUT2D eigenvalue weighted by atomic mass is 10.1. The summed E-state index contributed by atoms with van der Waals surface area (Å²) in [6.07, 6.45) is 2.35. The summed E-state index contributed by atoms with van der Waals surface area (Å²) < 4.78 is 11.3. The molecule has 0 aromatic heterocycles. The predicted molar refractivity (Wildman–Crippen MR) is 59.7 cm³/mol. The van der Waals surface area contributed by atoms with Crippen molar-refractivity contribution in [1.29, 1.82) is 0 Å². The first-order valence-electron chi connectivity index (χ1n) is 5.51. The molecule has 0 saturated carbocycles. The molecule has 1 saturated heterocycles. The quantitative estimate of drug-likeness (QED) is 0.757. The third-order valence-electron chi connectivity index (χ3n) is 2.67. The van der Waals surface area contributed by atoms with Crippen LogP contribution in [0.5, 0.6) is 0 Å². The van der Waals surface area contributed by atoms with Gasteiger partial charge in [-0.25, -0.2) is 0 Å². The molecule has 1 aromatic rings. The van der Waals surface area contributed by atoms with E-state index < -0.39 is 0 Å². The molecule has 1 aromatic carbocycles. The third-order valence-corrected chi connectivity index (χ3v) is 2.67. The molecule has 1 aliphatic heterocycles. The molecule has 2 heteroatoms. The van der Waals surface area contributed by atoms with Crippen LogP contribution < -0.4 is 0 Å². The maximum Gasteiger partial charge on any atom is 0.163 e. The van der Waals surface area contributed by atoms with Crippen molar-refractivity contribution in [2.45, 2.75) is 38.6 Å². The Balaban J connectivity index is 1.80. The number of rotatable bonds is 3. The van der Waals surface area contributed by atoms with Crippen molar-refractivity contribution in [3.63, 3.8) is 0 Å². The zero-order chi connectivity index (χ0) is 10.7. The molecular weight excluding hydrogens is 188 g/mol. The van der Waals surface area contributed by atoms with Crippen molar-refractivity contribution >= 4 is 0 Å². The maximum absolute atomic E-state index is 5.75. The van der Waals surface area contributed by atoms with Crippen LogP contribution in [0.1, 0.15) is 25.8 Å². The van der Waals surface area contributed by atoms with Crippen molar-refractivity contribution < 1.29 is 9.47 Å². The highest BCUT2D eigenvalue weighted by Crippen LogP contribution is 2.24. The van der Waals surface area contributed by atoms with E-state index in [0.29, 0.717) is 0 Å². The minimum Gasteiger partial charge on any atom is -0.348 e. The van der Waals surface area contributed by atoms with Gasteiger partial charge in [-0.3, -0.25) is 0 Å². The molecule has 1 aliphatic rings. The number of aryl methyl sites for hydroxylation is 1. The zero-order valence-corrected chi connectivity index (χ0v) is 9.40. The van der Waals surface area contributed by atoms with E-state index in [2.05, 4.69) is 24.3 Å². The van der Waals surface area contributed by atoms with E-state index in [1.807, 2.05) is 19.9 Å². The van der Waals surface area contributed by atoms with Crippen LogP contribution in [0.15, 0.2) is 30.3 Å². The van der Waals surface area contributed by atoms with E-state index in [9.17, 15) is 0 Å². The normalized spacial score (nSPS) is 24.3. The Morgan fingerprint density at radius 3 is 2.60 bits per heavy atom. The van der Waals surface area contributed by atoms with Gasteiger partial charge in [0.15, 0.2) is 5.79 Å². The fraction of sp³-hybridized carbons (Fsp3) is 0.538. The van der Waals surface area contributed by atoms with Crippen LogP contribution in [0.2, 0.25) is 0 Å². The topological polar surface area (TPSA) is 18.5 Å². The van der Waals surface area contributed by atoms with Crippen LogP contribution in [-0.2, 0) is 15.9 Å². The SMILES string of the molecule is CC1(C)OC[C@@H](CCc2ccccc2)O1. The molecule has 1 fully saturated rings. The monoisotopic (exact) mass is 206 g/mol. The third kappa shape index (κ3) is 3.05. The first-order chi connectivity index (χ1) is 7.16. The molecule has 15 heavy (non-hydrogen) atoms. The van der Waals surface area contributed by atoms with Gasteiger partial charge < -0.3 is 9.47 Å². The van der Waals surface area contributed by atoms with Crippen molar-refractivity contribution in [2.24, 2.45) is 0 Å². The predicted octanol–water partition coefficient (Wildman–Crippen LogP) is 2.77. The van der Waals surface area contributed by atoms with Gasteiger partial charge >= 0.3 is 0 Å². The average molecular weight is 206 g/mol. The van der Waals surface area contributed by atoms with Crippen molar-refractivity contribution in [3.05, 3.63) is 35.9 Å². The largest absolute Gasteiger partial charge is 0.348 e. The second-order valence-corrected chi connectivity index (χ2v) is 4.47. The minimum absolute atomic E-state index is 0.250. The van der Waals surface area contributed by atoms with E-state index in [0.717, 1.165) is 19.4 Å². The van der Waals surface area contributed by atoms with Gasteiger partial charge in [0.1, 0.15) is 0 Å². The highest BCUT2D eigenvalue weighted by molar-refractivity contribution is 5.14. The maximum atomic E-state index is 5.75. The van der Waals surface area contributed by atoms with E-state index in [1.54, 1.807) is 0 Å². The minimum atomic E-state index is -0.388. The highest BCUT2D eigenvalue weighted by atomic mass is 16.7. The highest BCUT2D eigenvalue weighted by Gasteiger charge is 2.31. The van der Waals surface area contributed by atoms with Crippen LogP contribution in [0.25, 0.3) is 0 Å². The lowest BCUT2D eigenvalue weighted by molar-refractivity contribution is -0.138. The Hall–Kier alpha value is -0.860. The first kappa shape index (κ1) is 10.7. The summed E-state index contributed by atoms with van der Waals surface area (Å²) in [7, 11) is 0. The number of hydrogen-bond donors (Lipinski definition) is 0. The molecule has 0 radical (unpaired) electrons. The van der Waals surface area contributed by atoms with Crippen LogP contribution >= 0.6 is 0 Å². The lowest BCUT2D eigenvalue weighted by Crippen LogP contribution is -2.21. The van der Waals surface area contributed by atoms with Crippen LogP contribution in [0.3, 0.4) is 0 Å². The Morgan fingerprint density at radius 2 is 2.00 bits per heavy atom. The summed E-state index contributed by atoms with van der Waals surface area (Å²) >= 11 is 0. The summed E-state index contributed by atoms with van der Waals surface area (Å²) in [5.41, 5.74) is 1.37.